The van der Waals surface area contributed by atoms with Crippen LogP contribution in [0.5, 0.6) is 0 Å². The molecule has 0 radical (unpaired) electrons. The average molecular weight is 274 g/mol. The lowest BCUT2D eigenvalue weighted by Crippen LogP contribution is -2.35. The second kappa shape index (κ2) is 5.94. The van der Waals surface area contributed by atoms with Gasteiger partial charge in [-0.25, -0.2) is 0 Å². The van der Waals surface area contributed by atoms with Crippen LogP contribution in [0.4, 0.5) is 5.69 Å². The first-order valence-electron chi connectivity index (χ1n) is 7.43. The molecule has 1 aliphatic carbocycles. The highest BCUT2D eigenvalue weighted by atomic mass is 16.5. The third kappa shape index (κ3) is 3.02. The number of amides is 1. The molecule has 4 nitrogen and oxygen atoms in total. The minimum Gasteiger partial charge on any atom is -0.371 e. The average Bonchev–Trinajstić information content (AvgIpc) is 2.37. The standard InChI is InChI=1S/C16H22N2O2/c1-18-8-9-20-15(11-18)13-6-3-7-14(10-13)17-16(19)12-4-2-5-12/h3,6-7,10,12,15H,2,4-5,8-9,11H2,1H3,(H,17,19). The zero-order valence-electron chi connectivity index (χ0n) is 12.0. The van der Waals surface area contributed by atoms with E-state index >= 15 is 0 Å². The lowest BCUT2D eigenvalue weighted by Gasteiger charge is -2.30. The second-order valence-electron chi connectivity index (χ2n) is 5.86. The maximum absolute atomic E-state index is 12.0. The molecular weight excluding hydrogens is 252 g/mol. The number of ether oxygens (including phenoxy) is 1. The predicted molar refractivity (Wildman–Crippen MR) is 78.6 cm³/mol. The maximum atomic E-state index is 12.0. The van der Waals surface area contributed by atoms with Crippen molar-refractivity contribution in [3.63, 3.8) is 0 Å². The summed E-state index contributed by atoms with van der Waals surface area (Å²) >= 11 is 0. The highest BCUT2D eigenvalue weighted by Gasteiger charge is 2.25. The summed E-state index contributed by atoms with van der Waals surface area (Å²) in [6.45, 7) is 2.65. The van der Waals surface area contributed by atoms with Gasteiger partial charge in [0, 0.05) is 24.7 Å². The minimum absolute atomic E-state index is 0.106. The monoisotopic (exact) mass is 274 g/mol. The molecule has 1 aliphatic heterocycles. The molecule has 0 spiro atoms. The SMILES string of the molecule is CN1CCOC(c2cccc(NC(=O)C3CCC3)c2)C1. The van der Waals surface area contributed by atoms with Gasteiger partial charge in [-0.3, -0.25) is 4.79 Å². The van der Waals surface area contributed by atoms with E-state index in [4.69, 9.17) is 4.74 Å². The Kier molecular flexibility index (Phi) is 4.03. The number of carbonyl (C=O) groups excluding carboxylic acids is 1. The summed E-state index contributed by atoms with van der Waals surface area (Å²) < 4.78 is 5.82. The first-order valence-corrected chi connectivity index (χ1v) is 7.43. The molecule has 1 heterocycles. The molecule has 20 heavy (non-hydrogen) atoms. The number of anilines is 1. The molecule has 1 aromatic rings. The summed E-state index contributed by atoms with van der Waals surface area (Å²) in [5.74, 6) is 0.380. The number of likely N-dealkylation sites (N-methyl/N-ethyl adjacent to an activating group) is 1. The third-order valence-electron chi connectivity index (χ3n) is 4.27. The highest BCUT2D eigenvalue weighted by molar-refractivity contribution is 5.93. The van der Waals surface area contributed by atoms with Crippen molar-refractivity contribution in [2.75, 3.05) is 32.1 Å². The van der Waals surface area contributed by atoms with Gasteiger partial charge in [-0.1, -0.05) is 18.6 Å². The van der Waals surface area contributed by atoms with Crippen molar-refractivity contribution in [3.05, 3.63) is 29.8 Å². The summed E-state index contributed by atoms with van der Waals surface area (Å²) in [5, 5.41) is 3.03. The molecule has 1 unspecified atom stereocenters. The van der Waals surface area contributed by atoms with Gasteiger partial charge in [-0.2, -0.15) is 0 Å². The van der Waals surface area contributed by atoms with Crippen molar-refractivity contribution in [2.24, 2.45) is 5.92 Å². The largest absolute Gasteiger partial charge is 0.371 e. The van der Waals surface area contributed by atoms with E-state index in [0.29, 0.717) is 0 Å². The van der Waals surface area contributed by atoms with Crippen molar-refractivity contribution in [2.45, 2.75) is 25.4 Å². The van der Waals surface area contributed by atoms with E-state index in [2.05, 4.69) is 23.3 Å². The van der Waals surface area contributed by atoms with Crippen LogP contribution < -0.4 is 5.32 Å². The van der Waals surface area contributed by atoms with Crippen LogP contribution in [0.1, 0.15) is 30.9 Å². The topological polar surface area (TPSA) is 41.6 Å². The van der Waals surface area contributed by atoms with Gasteiger partial charge in [0.05, 0.1) is 12.7 Å². The highest BCUT2D eigenvalue weighted by Crippen LogP contribution is 2.28. The molecule has 1 aromatic carbocycles. The summed E-state index contributed by atoms with van der Waals surface area (Å²) in [6, 6.07) is 8.06. The van der Waals surface area contributed by atoms with Crippen LogP contribution in [0.25, 0.3) is 0 Å². The van der Waals surface area contributed by atoms with E-state index in [0.717, 1.165) is 43.8 Å². The first kappa shape index (κ1) is 13.6. The van der Waals surface area contributed by atoms with E-state index < -0.39 is 0 Å². The molecule has 2 aliphatic rings. The van der Waals surface area contributed by atoms with Gasteiger partial charge < -0.3 is 15.0 Å². The smallest absolute Gasteiger partial charge is 0.227 e. The van der Waals surface area contributed by atoms with Crippen LogP contribution in [0.15, 0.2) is 24.3 Å². The fourth-order valence-electron chi connectivity index (χ4n) is 2.71. The van der Waals surface area contributed by atoms with Crippen LogP contribution in [-0.2, 0) is 9.53 Å². The summed E-state index contributed by atoms with van der Waals surface area (Å²) in [6.07, 6.45) is 3.35. The molecule has 1 N–H and O–H groups in total. The van der Waals surface area contributed by atoms with Crippen LogP contribution in [0.3, 0.4) is 0 Å². The molecule has 3 rings (SSSR count). The zero-order valence-corrected chi connectivity index (χ0v) is 12.0. The molecule has 0 aromatic heterocycles. The summed E-state index contributed by atoms with van der Waals surface area (Å²) in [4.78, 5) is 14.3. The van der Waals surface area contributed by atoms with Crippen molar-refractivity contribution in [3.8, 4) is 0 Å². The molecular formula is C16H22N2O2. The Hall–Kier alpha value is -1.39. The molecule has 2 fully saturated rings. The normalized spacial score (nSPS) is 24.1. The van der Waals surface area contributed by atoms with Crippen LogP contribution >= 0.6 is 0 Å². The Morgan fingerprint density at radius 3 is 2.95 bits per heavy atom. The number of hydrogen-bond acceptors (Lipinski definition) is 3. The Morgan fingerprint density at radius 2 is 2.25 bits per heavy atom. The molecule has 4 heteroatoms. The van der Waals surface area contributed by atoms with Gasteiger partial charge in [-0.05, 0) is 37.6 Å². The van der Waals surface area contributed by atoms with Gasteiger partial charge in [0.15, 0.2) is 0 Å². The Morgan fingerprint density at radius 1 is 1.40 bits per heavy atom. The zero-order chi connectivity index (χ0) is 13.9. The fraction of sp³-hybridized carbons (Fsp3) is 0.562. The van der Waals surface area contributed by atoms with Crippen LogP contribution in [0.2, 0.25) is 0 Å². The number of carbonyl (C=O) groups is 1. The molecule has 1 amide bonds. The predicted octanol–water partition coefficient (Wildman–Crippen LogP) is 2.43. The minimum atomic E-state index is 0.106. The van der Waals surface area contributed by atoms with Crippen LogP contribution in [0, 0.1) is 5.92 Å². The second-order valence-corrected chi connectivity index (χ2v) is 5.86. The third-order valence-corrected chi connectivity index (χ3v) is 4.27. The summed E-state index contributed by atoms with van der Waals surface area (Å²) in [5.41, 5.74) is 2.03. The number of nitrogens with one attached hydrogen (secondary N) is 1. The fourth-order valence-corrected chi connectivity index (χ4v) is 2.71. The molecule has 108 valence electrons. The molecule has 1 atom stereocenters. The van der Waals surface area contributed by atoms with Gasteiger partial charge in [0.2, 0.25) is 5.91 Å². The van der Waals surface area contributed by atoms with Crippen molar-refractivity contribution >= 4 is 11.6 Å². The summed E-state index contributed by atoms with van der Waals surface area (Å²) in [7, 11) is 2.11. The van der Waals surface area contributed by atoms with Gasteiger partial charge >= 0.3 is 0 Å². The number of rotatable bonds is 3. The number of morpholine rings is 1. The van der Waals surface area contributed by atoms with E-state index in [1.54, 1.807) is 0 Å². The van der Waals surface area contributed by atoms with E-state index in [1.165, 1.54) is 6.42 Å². The Labute approximate surface area is 120 Å². The van der Waals surface area contributed by atoms with Gasteiger partial charge in [0.25, 0.3) is 0 Å². The lowest BCUT2D eigenvalue weighted by atomic mass is 9.85. The number of benzene rings is 1. The molecule has 0 bridgehead atoms. The lowest BCUT2D eigenvalue weighted by molar-refractivity contribution is -0.122. The van der Waals surface area contributed by atoms with Gasteiger partial charge in [-0.15, -0.1) is 0 Å². The Bertz CT molecular complexity index is 485. The molecule has 1 saturated heterocycles. The van der Waals surface area contributed by atoms with E-state index in [-0.39, 0.29) is 17.9 Å². The van der Waals surface area contributed by atoms with E-state index in [1.807, 2.05) is 18.2 Å². The van der Waals surface area contributed by atoms with Crippen molar-refractivity contribution in [1.29, 1.82) is 0 Å². The van der Waals surface area contributed by atoms with E-state index in [9.17, 15) is 4.79 Å². The maximum Gasteiger partial charge on any atom is 0.227 e. The van der Waals surface area contributed by atoms with Crippen LogP contribution in [-0.4, -0.2) is 37.6 Å². The quantitative estimate of drug-likeness (QED) is 0.920. The molecule has 1 saturated carbocycles. The number of nitrogens with zero attached hydrogens (tertiary/aromatic N) is 1. The Balaban J connectivity index is 1.67. The van der Waals surface area contributed by atoms with Crippen molar-refractivity contribution in [1.82, 2.24) is 4.90 Å². The van der Waals surface area contributed by atoms with Gasteiger partial charge in [0.1, 0.15) is 0 Å². The number of hydrogen-bond donors (Lipinski definition) is 1. The van der Waals surface area contributed by atoms with Crippen molar-refractivity contribution < 1.29 is 9.53 Å². The first-order chi connectivity index (χ1) is 9.72.